The maximum absolute atomic E-state index is 13.2. The summed E-state index contributed by atoms with van der Waals surface area (Å²) in [6.07, 6.45) is 8.40. The zero-order chi connectivity index (χ0) is 17.7. The summed E-state index contributed by atoms with van der Waals surface area (Å²) in [5, 5.41) is 33.4. The molecule has 0 spiro atoms. The molecule has 2 bridgehead atoms. The molecule has 3 N–H and O–H groups in total. The van der Waals surface area contributed by atoms with E-state index in [1.165, 1.54) is 11.2 Å². The summed E-state index contributed by atoms with van der Waals surface area (Å²) in [7, 11) is 0. The van der Waals surface area contributed by atoms with Crippen LogP contribution in [0.3, 0.4) is 0 Å². The minimum Gasteiger partial charge on any atom is -0.395 e. The molecule has 4 aliphatic heterocycles. The number of Topliss-reactive ketones (excluding diaryl/α,β-unsaturated/α-hetero) is 1. The summed E-state index contributed by atoms with van der Waals surface area (Å²) < 4.78 is -0.652. The first-order valence-electron chi connectivity index (χ1n) is 8.25. The molecule has 132 valence electrons. The van der Waals surface area contributed by atoms with Crippen molar-refractivity contribution >= 4 is 5.78 Å². The van der Waals surface area contributed by atoms with E-state index in [-0.39, 0.29) is 24.9 Å². The zero-order valence-electron chi connectivity index (χ0n) is 14.2. The lowest BCUT2D eigenvalue weighted by atomic mass is 9.90. The summed E-state index contributed by atoms with van der Waals surface area (Å²) in [6, 6.07) is 0. The van der Waals surface area contributed by atoms with Gasteiger partial charge in [0.1, 0.15) is 0 Å². The summed E-state index contributed by atoms with van der Waals surface area (Å²) in [4.78, 5) is 14.9. The van der Waals surface area contributed by atoms with Crippen molar-refractivity contribution in [1.29, 1.82) is 0 Å². The van der Waals surface area contributed by atoms with Gasteiger partial charge in [-0.05, 0) is 16.9 Å². The van der Waals surface area contributed by atoms with Gasteiger partial charge in [-0.1, -0.05) is 26.8 Å². The smallest absolute Gasteiger partial charge is 0.249 e. The largest absolute Gasteiger partial charge is 0.395 e. The molecular formula is C16H25N4O4+. The van der Waals surface area contributed by atoms with E-state index in [0.29, 0.717) is 12.2 Å². The van der Waals surface area contributed by atoms with Crippen molar-refractivity contribution in [2.45, 2.75) is 39.0 Å². The second-order valence-corrected chi connectivity index (χ2v) is 6.60. The van der Waals surface area contributed by atoms with Crippen molar-refractivity contribution in [3.8, 4) is 0 Å². The molecule has 0 aliphatic carbocycles. The van der Waals surface area contributed by atoms with Gasteiger partial charge in [0.25, 0.3) is 0 Å². The van der Waals surface area contributed by atoms with Crippen LogP contribution in [-0.4, -0.2) is 66.0 Å². The lowest BCUT2D eigenvalue weighted by Crippen LogP contribution is -2.74. The van der Waals surface area contributed by atoms with Gasteiger partial charge in [-0.25, -0.2) is 0 Å². The minimum absolute atomic E-state index is 0.121. The number of β-amino-alcohol motifs (C(OH)–C–C–N with tert-alkyl or cyclic N) is 1. The molecule has 0 radical (unpaired) electrons. The van der Waals surface area contributed by atoms with Crippen LogP contribution >= 0.6 is 0 Å². The van der Waals surface area contributed by atoms with Gasteiger partial charge in [-0.2, -0.15) is 10.3 Å². The van der Waals surface area contributed by atoms with E-state index >= 15 is 0 Å². The summed E-state index contributed by atoms with van der Waals surface area (Å²) in [5.74, 6) is -0.0342. The van der Waals surface area contributed by atoms with Crippen LogP contribution in [0.4, 0.5) is 0 Å². The van der Waals surface area contributed by atoms with Crippen LogP contribution in [0.1, 0.15) is 27.2 Å². The molecule has 0 aromatic carbocycles. The number of hydrogen-bond donors (Lipinski definition) is 3. The minimum atomic E-state index is -1.30. The SMILES string of the molecule is CCC1N(O)C2=C[N+]1(O)N2C1(C(=O)C(C)C)C=CC=CN1CCO. The van der Waals surface area contributed by atoms with Gasteiger partial charge in [0.2, 0.25) is 23.8 Å². The molecule has 0 amide bonds. The molecule has 8 heteroatoms. The molecule has 8 nitrogen and oxygen atoms in total. The van der Waals surface area contributed by atoms with E-state index in [9.17, 15) is 20.3 Å². The van der Waals surface area contributed by atoms with Crippen molar-refractivity contribution in [3.05, 3.63) is 36.4 Å². The van der Waals surface area contributed by atoms with Gasteiger partial charge in [-0.3, -0.25) is 10.0 Å². The Hall–Kier alpha value is -1.87. The van der Waals surface area contributed by atoms with Gasteiger partial charge in [0.15, 0.2) is 5.78 Å². The second kappa shape index (κ2) is 5.59. The first kappa shape index (κ1) is 17.0. The Bertz CT molecular complexity index is 632. The third-order valence-corrected chi connectivity index (χ3v) is 4.86. The topological polar surface area (TPSA) is 87.5 Å². The molecule has 4 rings (SSSR count). The Morgan fingerprint density at radius 3 is 2.67 bits per heavy atom. The number of hydroxylamine groups is 4. The number of aliphatic hydroxyl groups excluding tert-OH is 1. The average molecular weight is 337 g/mol. The Morgan fingerprint density at radius 1 is 1.42 bits per heavy atom. The van der Waals surface area contributed by atoms with E-state index < -0.39 is 16.6 Å². The van der Waals surface area contributed by atoms with Gasteiger partial charge in [-0.15, -0.1) is 5.01 Å². The van der Waals surface area contributed by atoms with Crippen molar-refractivity contribution in [1.82, 2.24) is 15.0 Å². The van der Waals surface area contributed by atoms with Gasteiger partial charge < -0.3 is 10.0 Å². The standard InChI is InChI=1S/C16H25N4O4/c1-4-14-18(23)13-11-20(14,24)19(13)16(15(22)12(2)3)7-5-6-8-17(16)9-10-21/h5-8,11-12,14,21,23-24H,4,9-10H2,1-3H3/q+1. The Balaban J connectivity index is 2.12. The fourth-order valence-corrected chi connectivity index (χ4v) is 3.79. The highest BCUT2D eigenvalue weighted by Gasteiger charge is 2.73. The monoisotopic (exact) mass is 337 g/mol. The maximum atomic E-state index is 13.2. The first-order valence-corrected chi connectivity index (χ1v) is 8.25. The van der Waals surface area contributed by atoms with Crippen LogP contribution in [0.15, 0.2) is 36.4 Å². The molecule has 1 saturated heterocycles. The highest BCUT2D eigenvalue weighted by atomic mass is 16.7. The summed E-state index contributed by atoms with van der Waals surface area (Å²) >= 11 is 0. The molecule has 4 aliphatic rings. The molecule has 24 heavy (non-hydrogen) atoms. The van der Waals surface area contributed by atoms with E-state index in [0.717, 1.165) is 5.06 Å². The van der Waals surface area contributed by atoms with Crippen molar-refractivity contribution in [3.63, 3.8) is 0 Å². The number of nitrogens with zero attached hydrogens (tertiary/aromatic N) is 4. The third kappa shape index (κ3) is 1.91. The number of carbonyl (C=O) groups excluding carboxylic acids is 1. The Labute approximate surface area is 141 Å². The number of ketones is 1. The van der Waals surface area contributed by atoms with Crippen LogP contribution in [0.2, 0.25) is 0 Å². The number of quaternary nitrogens is 1. The number of fused-ring (bicyclic) bond motifs is 1. The molecule has 0 aromatic heterocycles. The Kier molecular flexibility index (Phi) is 3.95. The number of rotatable bonds is 6. The van der Waals surface area contributed by atoms with Gasteiger partial charge in [0, 0.05) is 25.1 Å². The summed E-state index contributed by atoms with van der Waals surface area (Å²) in [5.41, 5.74) is -1.30. The van der Waals surface area contributed by atoms with Crippen LogP contribution in [-0.2, 0) is 4.79 Å². The fourth-order valence-electron chi connectivity index (χ4n) is 3.79. The van der Waals surface area contributed by atoms with E-state index in [1.54, 1.807) is 43.2 Å². The lowest BCUT2D eigenvalue weighted by Gasteiger charge is -2.52. The van der Waals surface area contributed by atoms with Crippen molar-refractivity contribution in [2.24, 2.45) is 5.92 Å². The molecule has 0 aromatic rings. The highest BCUT2D eigenvalue weighted by Crippen LogP contribution is 2.51. The molecule has 0 saturated carbocycles. The number of carbonyl (C=O) groups is 1. The zero-order valence-corrected chi connectivity index (χ0v) is 14.2. The Morgan fingerprint density at radius 2 is 2.12 bits per heavy atom. The van der Waals surface area contributed by atoms with E-state index in [4.69, 9.17) is 0 Å². The molecular weight excluding hydrogens is 312 g/mol. The quantitative estimate of drug-likeness (QED) is 0.622. The number of allylic oxidation sites excluding steroid dienone is 2. The maximum Gasteiger partial charge on any atom is 0.249 e. The van der Waals surface area contributed by atoms with Gasteiger partial charge >= 0.3 is 0 Å². The number of aliphatic hydroxyl groups is 1. The lowest BCUT2D eigenvalue weighted by molar-refractivity contribution is -1.18. The van der Waals surface area contributed by atoms with E-state index in [2.05, 4.69) is 0 Å². The molecule has 1 fully saturated rings. The molecule has 4 heterocycles. The second-order valence-electron chi connectivity index (χ2n) is 6.60. The molecule has 3 unspecified atom stereocenters. The summed E-state index contributed by atoms with van der Waals surface area (Å²) in [6.45, 7) is 5.55. The average Bonchev–Trinajstić information content (AvgIpc) is 2.91. The third-order valence-electron chi connectivity index (χ3n) is 4.86. The van der Waals surface area contributed by atoms with Crippen LogP contribution in [0, 0.1) is 5.92 Å². The first-order chi connectivity index (χ1) is 11.3. The molecule has 3 atom stereocenters. The van der Waals surface area contributed by atoms with Crippen molar-refractivity contribution in [2.75, 3.05) is 13.2 Å². The normalized spacial score (nSPS) is 34.0. The van der Waals surface area contributed by atoms with Crippen LogP contribution in [0.5, 0.6) is 0 Å². The predicted octanol–water partition coefficient (Wildman–Crippen LogP) is 0.962. The number of hydrogen-bond acceptors (Lipinski definition) is 7. The van der Waals surface area contributed by atoms with Gasteiger partial charge in [0.05, 0.1) is 6.61 Å². The fraction of sp³-hybridized carbons (Fsp3) is 0.562. The van der Waals surface area contributed by atoms with E-state index in [1.807, 2.05) is 6.92 Å². The predicted molar refractivity (Wildman–Crippen MR) is 84.3 cm³/mol. The van der Waals surface area contributed by atoms with Crippen LogP contribution < -0.4 is 0 Å². The van der Waals surface area contributed by atoms with Crippen molar-refractivity contribution < 1.29 is 25.1 Å². The van der Waals surface area contributed by atoms with Crippen LogP contribution in [0.25, 0.3) is 0 Å². The highest BCUT2D eigenvalue weighted by molar-refractivity contribution is 5.92.